The third-order valence-electron chi connectivity index (χ3n) is 3.77. The van der Waals surface area contributed by atoms with Crippen molar-refractivity contribution in [3.05, 3.63) is 59.4 Å². The Balaban J connectivity index is 2.24. The largest absolute Gasteiger partial charge is 0.460 e. The van der Waals surface area contributed by atoms with Crippen LogP contribution >= 0.6 is 0 Å². The molecule has 0 saturated heterocycles. The number of carbonyl (C=O) groups is 2. The SMILES string of the molecule is CCOC(=O)C(=O)c1c(-c2ccc(C)cc2)nc2ccc(C)cn12. The van der Waals surface area contributed by atoms with Gasteiger partial charge >= 0.3 is 5.97 Å². The van der Waals surface area contributed by atoms with E-state index in [4.69, 9.17) is 4.74 Å². The number of ketones is 1. The Labute approximate surface area is 139 Å². The van der Waals surface area contributed by atoms with Gasteiger partial charge in [-0.3, -0.25) is 9.20 Å². The van der Waals surface area contributed by atoms with Crippen LogP contribution in [0.25, 0.3) is 16.9 Å². The van der Waals surface area contributed by atoms with E-state index in [1.165, 1.54) is 0 Å². The smallest absolute Gasteiger partial charge is 0.381 e. The van der Waals surface area contributed by atoms with Crippen molar-refractivity contribution in [2.24, 2.45) is 0 Å². The molecule has 0 atom stereocenters. The summed E-state index contributed by atoms with van der Waals surface area (Å²) in [6.07, 6.45) is 1.80. The van der Waals surface area contributed by atoms with E-state index in [0.717, 1.165) is 16.7 Å². The number of rotatable bonds is 4. The van der Waals surface area contributed by atoms with E-state index >= 15 is 0 Å². The first-order valence-electron chi connectivity index (χ1n) is 7.78. The van der Waals surface area contributed by atoms with Gasteiger partial charge in [0.25, 0.3) is 5.78 Å². The molecule has 3 rings (SSSR count). The fraction of sp³-hybridized carbons (Fsp3) is 0.211. The molecule has 0 bridgehead atoms. The van der Waals surface area contributed by atoms with Gasteiger partial charge in [0.1, 0.15) is 17.0 Å². The molecular formula is C19H18N2O3. The molecule has 0 saturated carbocycles. The molecule has 122 valence electrons. The predicted octanol–water partition coefficient (Wildman–Crippen LogP) is 3.36. The first-order valence-corrected chi connectivity index (χ1v) is 7.78. The minimum Gasteiger partial charge on any atom is -0.460 e. The van der Waals surface area contributed by atoms with E-state index in [0.29, 0.717) is 11.3 Å². The van der Waals surface area contributed by atoms with Crippen molar-refractivity contribution in [1.29, 1.82) is 0 Å². The van der Waals surface area contributed by atoms with Gasteiger partial charge in [-0.15, -0.1) is 0 Å². The van der Waals surface area contributed by atoms with Crippen LogP contribution in [-0.2, 0) is 9.53 Å². The number of fused-ring (bicyclic) bond motifs is 1. The fourth-order valence-electron chi connectivity index (χ4n) is 2.57. The lowest BCUT2D eigenvalue weighted by atomic mass is 10.1. The second-order valence-corrected chi connectivity index (χ2v) is 5.66. The first-order chi connectivity index (χ1) is 11.5. The highest BCUT2D eigenvalue weighted by molar-refractivity contribution is 6.41. The molecule has 2 heterocycles. The predicted molar refractivity (Wildman–Crippen MR) is 91.1 cm³/mol. The molecule has 0 radical (unpaired) electrons. The Kier molecular flexibility index (Phi) is 4.16. The van der Waals surface area contributed by atoms with Gasteiger partial charge in [0.15, 0.2) is 0 Å². The van der Waals surface area contributed by atoms with E-state index in [1.54, 1.807) is 17.5 Å². The molecule has 5 nitrogen and oxygen atoms in total. The topological polar surface area (TPSA) is 60.7 Å². The van der Waals surface area contributed by atoms with Crippen molar-refractivity contribution in [1.82, 2.24) is 9.38 Å². The number of imidazole rings is 1. The molecule has 0 aliphatic rings. The number of Topliss-reactive ketones (excluding diaryl/α,β-unsaturated/α-hetero) is 1. The van der Waals surface area contributed by atoms with Crippen molar-refractivity contribution < 1.29 is 14.3 Å². The summed E-state index contributed by atoms with van der Waals surface area (Å²) in [6, 6.07) is 11.4. The second-order valence-electron chi connectivity index (χ2n) is 5.66. The minimum absolute atomic E-state index is 0.153. The number of aryl methyl sites for hydroxylation is 2. The standard InChI is InChI=1S/C19H18N2O3/c1-4-24-19(23)18(22)17-16(14-8-5-12(2)6-9-14)20-15-10-7-13(3)11-21(15)17/h5-11H,4H2,1-3H3. The number of benzene rings is 1. The Morgan fingerprint density at radius 2 is 1.71 bits per heavy atom. The zero-order valence-corrected chi connectivity index (χ0v) is 13.9. The van der Waals surface area contributed by atoms with Gasteiger partial charge in [-0.05, 0) is 32.4 Å². The van der Waals surface area contributed by atoms with Crippen LogP contribution in [0, 0.1) is 13.8 Å². The van der Waals surface area contributed by atoms with E-state index in [-0.39, 0.29) is 12.3 Å². The first kappa shape index (κ1) is 15.9. The summed E-state index contributed by atoms with van der Waals surface area (Å²) in [5, 5.41) is 0. The van der Waals surface area contributed by atoms with Gasteiger partial charge in [0.05, 0.1) is 6.61 Å². The molecule has 1 aromatic carbocycles. The van der Waals surface area contributed by atoms with Crippen LogP contribution in [-0.4, -0.2) is 27.7 Å². The number of carbonyl (C=O) groups excluding carboxylic acids is 2. The Bertz CT molecular complexity index is 924. The molecule has 5 heteroatoms. The minimum atomic E-state index is -0.867. The molecular weight excluding hydrogens is 304 g/mol. The highest BCUT2D eigenvalue weighted by Crippen LogP contribution is 2.26. The quantitative estimate of drug-likeness (QED) is 0.420. The van der Waals surface area contributed by atoms with Gasteiger partial charge < -0.3 is 4.74 Å². The maximum Gasteiger partial charge on any atom is 0.381 e. The summed E-state index contributed by atoms with van der Waals surface area (Å²) in [6.45, 7) is 5.73. The van der Waals surface area contributed by atoms with E-state index in [2.05, 4.69) is 4.98 Å². The Hall–Kier alpha value is -2.95. The Morgan fingerprint density at radius 1 is 1.04 bits per heavy atom. The molecule has 0 aliphatic heterocycles. The molecule has 0 spiro atoms. The van der Waals surface area contributed by atoms with Crippen LogP contribution in [0.4, 0.5) is 0 Å². The average molecular weight is 322 g/mol. The highest BCUT2D eigenvalue weighted by Gasteiger charge is 2.27. The van der Waals surface area contributed by atoms with Gasteiger partial charge in [-0.1, -0.05) is 35.9 Å². The van der Waals surface area contributed by atoms with Crippen molar-refractivity contribution in [2.75, 3.05) is 6.61 Å². The van der Waals surface area contributed by atoms with E-state index in [9.17, 15) is 9.59 Å². The van der Waals surface area contributed by atoms with Crippen LogP contribution in [0.2, 0.25) is 0 Å². The third kappa shape index (κ3) is 2.80. The van der Waals surface area contributed by atoms with Gasteiger partial charge in [0, 0.05) is 11.8 Å². The monoisotopic (exact) mass is 322 g/mol. The summed E-state index contributed by atoms with van der Waals surface area (Å²) in [5.41, 5.74) is 4.19. The number of hydrogen-bond acceptors (Lipinski definition) is 4. The lowest BCUT2D eigenvalue weighted by Gasteiger charge is -2.05. The number of aromatic nitrogens is 2. The maximum atomic E-state index is 12.6. The summed E-state index contributed by atoms with van der Waals surface area (Å²) in [5.74, 6) is -1.56. The van der Waals surface area contributed by atoms with Crippen LogP contribution in [0.3, 0.4) is 0 Å². The molecule has 0 fully saturated rings. The van der Waals surface area contributed by atoms with Crippen molar-refractivity contribution in [3.8, 4) is 11.3 Å². The number of hydrogen-bond donors (Lipinski definition) is 0. The summed E-state index contributed by atoms with van der Waals surface area (Å²) in [4.78, 5) is 29.2. The lowest BCUT2D eigenvalue weighted by molar-refractivity contribution is -0.137. The van der Waals surface area contributed by atoms with E-state index < -0.39 is 11.8 Å². The third-order valence-corrected chi connectivity index (χ3v) is 3.77. The number of pyridine rings is 1. The molecule has 0 aliphatic carbocycles. The zero-order chi connectivity index (χ0) is 17.3. The molecule has 0 N–H and O–H groups in total. The molecule has 2 aromatic heterocycles. The second kappa shape index (κ2) is 6.28. The van der Waals surface area contributed by atoms with Crippen LogP contribution < -0.4 is 0 Å². The van der Waals surface area contributed by atoms with Crippen molar-refractivity contribution in [2.45, 2.75) is 20.8 Å². The summed E-state index contributed by atoms with van der Waals surface area (Å²) >= 11 is 0. The summed E-state index contributed by atoms with van der Waals surface area (Å²) in [7, 11) is 0. The van der Waals surface area contributed by atoms with Crippen LogP contribution in [0.5, 0.6) is 0 Å². The molecule has 24 heavy (non-hydrogen) atoms. The van der Waals surface area contributed by atoms with Crippen molar-refractivity contribution in [3.63, 3.8) is 0 Å². The molecule has 0 unspecified atom stereocenters. The number of nitrogens with zero attached hydrogens (tertiary/aromatic N) is 2. The molecule has 3 aromatic rings. The fourth-order valence-corrected chi connectivity index (χ4v) is 2.57. The van der Waals surface area contributed by atoms with Crippen LogP contribution in [0.15, 0.2) is 42.6 Å². The number of ether oxygens (including phenoxy) is 1. The van der Waals surface area contributed by atoms with E-state index in [1.807, 2.05) is 50.2 Å². The average Bonchev–Trinajstić information content (AvgIpc) is 2.93. The maximum absolute atomic E-state index is 12.6. The lowest BCUT2D eigenvalue weighted by Crippen LogP contribution is -2.20. The summed E-state index contributed by atoms with van der Waals surface area (Å²) < 4.78 is 6.54. The van der Waals surface area contributed by atoms with Gasteiger partial charge in [-0.25, -0.2) is 9.78 Å². The molecule has 0 amide bonds. The van der Waals surface area contributed by atoms with Crippen molar-refractivity contribution >= 4 is 17.4 Å². The number of esters is 1. The normalized spacial score (nSPS) is 10.8. The Morgan fingerprint density at radius 3 is 2.38 bits per heavy atom. The van der Waals surface area contributed by atoms with Crippen LogP contribution in [0.1, 0.15) is 28.5 Å². The van der Waals surface area contributed by atoms with Gasteiger partial charge in [-0.2, -0.15) is 0 Å². The highest BCUT2D eigenvalue weighted by atomic mass is 16.5. The van der Waals surface area contributed by atoms with Gasteiger partial charge in [0.2, 0.25) is 0 Å². The zero-order valence-electron chi connectivity index (χ0n) is 13.9.